The van der Waals surface area contributed by atoms with Crippen LogP contribution in [0.15, 0.2) is 36.2 Å². The van der Waals surface area contributed by atoms with Crippen LogP contribution in [-0.2, 0) is 4.74 Å². The Morgan fingerprint density at radius 3 is 2.24 bits per heavy atom. The summed E-state index contributed by atoms with van der Waals surface area (Å²) in [5.41, 5.74) is 2.08. The van der Waals surface area contributed by atoms with Crippen LogP contribution < -0.4 is 0 Å². The molecule has 4 heteroatoms. The summed E-state index contributed by atoms with van der Waals surface area (Å²) in [4.78, 5) is 0. The van der Waals surface area contributed by atoms with Gasteiger partial charge in [0.1, 0.15) is 6.07 Å². The van der Waals surface area contributed by atoms with Crippen LogP contribution in [0.5, 0.6) is 0 Å². The molecule has 0 N–H and O–H groups in total. The minimum atomic E-state index is -0.652. The minimum Gasteiger partial charge on any atom is -0.378 e. The first-order valence-electron chi connectivity index (χ1n) is 11.1. The molecule has 2 aliphatic rings. The van der Waals surface area contributed by atoms with Gasteiger partial charge >= 0.3 is 0 Å². The van der Waals surface area contributed by atoms with Crippen LogP contribution >= 0.6 is 0 Å². The Morgan fingerprint density at radius 2 is 1.62 bits per heavy atom. The molecule has 0 spiro atoms. The second kappa shape index (κ2) is 11.1. The lowest BCUT2D eigenvalue weighted by Crippen LogP contribution is -2.25. The van der Waals surface area contributed by atoms with E-state index in [9.17, 15) is 4.39 Å². The summed E-state index contributed by atoms with van der Waals surface area (Å²) < 4.78 is 19.1. The fourth-order valence-electron chi connectivity index (χ4n) is 4.84. The lowest BCUT2D eigenvalue weighted by atomic mass is 9.80. The van der Waals surface area contributed by atoms with Gasteiger partial charge in [-0.05, 0) is 92.9 Å². The Bertz CT molecular complexity index is 743. The number of nitrogens with zero attached hydrogens (tertiary/aromatic N) is 2. The molecule has 0 atom stereocenters. The maximum absolute atomic E-state index is 12.8. The van der Waals surface area contributed by atoms with Crippen LogP contribution in [0.4, 0.5) is 4.39 Å². The van der Waals surface area contributed by atoms with E-state index >= 15 is 0 Å². The third kappa shape index (κ3) is 6.69. The molecule has 0 radical (unpaired) electrons. The smallest absolute Gasteiger partial charge is 0.196 e. The van der Waals surface area contributed by atoms with Crippen molar-refractivity contribution in [3.8, 4) is 12.1 Å². The molecule has 2 aliphatic carbocycles. The fourth-order valence-corrected chi connectivity index (χ4v) is 4.84. The molecule has 0 amide bonds. The van der Waals surface area contributed by atoms with Gasteiger partial charge in [0.15, 0.2) is 5.83 Å². The second-order valence-corrected chi connectivity index (χ2v) is 8.67. The first-order chi connectivity index (χ1) is 14.2. The van der Waals surface area contributed by atoms with Gasteiger partial charge in [0.25, 0.3) is 0 Å². The van der Waals surface area contributed by atoms with Crippen LogP contribution in [0.3, 0.4) is 0 Å². The van der Waals surface area contributed by atoms with E-state index in [0.29, 0.717) is 30.3 Å². The average Bonchev–Trinajstić information content (AvgIpc) is 2.79. The van der Waals surface area contributed by atoms with Gasteiger partial charge in [-0.3, -0.25) is 0 Å². The second-order valence-electron chi connectivity index (χ2n) is 8.67. The molecule has 1 aromatic rings. The predicted octanol–water partition coefficient (Wildman–Crippen LogP) is 6.56. The van der Waals surface area contributed by atoms with E-state index in [4.69, 9.17) is 15.3 Å². The van der Waals surface area contributed by atoms with E-state index in [1.807, 2.05) is 12.1 Å². The molecule has 0 heterocycles. The van der Waals surface area contributed by atoms with Crippen LogP contribution in [0.2, 0.25) is 0 Å². The molecule has 3 rings (SSSR count). The summed E-state index contributed by atoms with van der Waals surface area (Å²) in [5.74, 6) is 1.27. The monoisotopic (exact) mass is 394 g/mol. The highest BCUT2D eigenvalue weighted by molar-refractivity contribution is 5.33. The van der Waals surface area contributed by atoms with Gasteiger partial charge in [0.2, 0.25) is 0 Å². The van der Waals surface area contributed by atoms with Crippen molar-refractivity contribution < 1.29 is 9.13 Å². The number of allylic oxidation sites excluding steroid dienone is 2. The maximum atomic E-state index is 12.8. The molecule has 0 aliphatic heterocycles. The molecular weight excluding hydrogens is 363 g/mol. The first kappa shape index (κ1) is 21.5. The predicted molar refractivity (Wildman–Crippen MR) is 112 cm³/mol. The standard InChI is InChI=1S/C25H31FN2O/c26-24(17-28)3-1-2-19-4-6-21(7-5-19)18-29-25-14-12-23(13-15-25)22-10-8-20(16-27)9-11-22/h3,8-11,19,21,23,25H,1-2,4-7,12-15,18H2/b24-3+. The summed E-state index contributed by atoms with van der Waals surface area (Å²) in [5, 5.41) is 17.4. The summed E-state index contributed by atoms with van der Waals surface area (Å²) in [6.07, 6.45) is 12.8. The largest absolute Gasteiger partial charge is 0.378 e. The van der Waals surface area contributed by atoms with Gasteiger partial charge in [-0.25, -0.2) is 0 Å². The highest BCUT2D eigenvalue weighted by atomic mass is 19.1. The zero-order valence-electron chi connectivity index (χ0n) is 17.2. The molecule has 0 saturated heterocycles. The van der Waals surface area contributed by atoms with Gasteiger partial charge in [0.05, 0.1) is 17.7 Å². The zero-order chi connectivity index (χ0) is 20.5. The fraction of sp³-hybridized carbons (Fsp3) is 0.600. The zero-order valence-corrected chi connectivity index (χ0v) is 17.2. The molecule has 29 heavy (non-hydrogen) atoms. The first-order valence-corrected chi connectivity index (χ1v) is 11.1. The topological polar surface area (TPSA) is 56.8 Å². The quantitative estimate of drug-likeness (QED) is 0.492. The normalized spacial score (nSPS) is 27.8. The molecule has 2 fully saturated rings. The van der Waals surface area contributed by atoms with E-state index < -0.39 is 5.83 Å². The Labute approximate surface area is 174 Å². The molecule has 1 aromatic carbocycles. The molecule has 0 bridgehead atoms. The average molecular weight is 395 g/mol. The van der Waals surface area contributed by atoms with E-state index in [2.05, 4.69) is 18.2 Å². The van der Waals surface area contributed by atoms with Crippen molar-refractivity contribution >= 4 is 0 Å². The van der Waals surface area contributed by atoms with Gasteiger partial charge in [-0.1, -0.05) is 25.0 Å². The summed E-state index contributed by atoms with van der Waals surface area (Å²) in [6.45, 7) is 0.877. The molecular formula is C25H31FN2O. The Kier molecular flexibility index (Phi) is 8.26. The van der Waals surface area contributed by atoms with Gasteiger partial charge < -0.3 is 4.74 Å². The Hall–Kier alpha value is -2.17. The summed E-state index contributed by atoms with van der Waals surface area (Å²) in [7, 11) is 0. The summed E-state index contributed by atoms with van der Waals surface area (Å²) in [6, 6.07) is 11.8. The van der Waals surface area contributed by atoms with E-state index in [0.717, 1.165) is 44.3 Å². The number of rotatable bonds is 7. The molecule has 0 unspecified atom stereocenters. The van der Waals surface area contributed by atoms with Crippen LogP contribution in [0.25, 0.3) is 0 Å². The van der Waals surface area contributed by atoms with Crippen molar-refractivity contribution in [2.24, 2.45) is 11.8 Å². The van der Waals surface area contributed by atoms with Crippen LogP contribution in [0.1, 0.15) is 81.3 Å². The van der Waals surface area contributed by atoms with Crippen molar-refractivity contribution in [3.05, 3.63) is 47.3 Å². The highest BCUT2D eigenvalue weighted by Gasteiger charge is 2.25. The third-order valence-electron chi connectivity index (χ3n) is 6.72. The molecule has 3 nitrogen and oxygen atoms in total. The lowest BCUT2D eigenvalue weighted by molar-refractivity contribution is -0.00474. The number of benzene rings is 1. The number of nitriles is 2. The molecule has 2 saturated carbocycles. The van der Waals surface area contributed by atoms with Crippen molar-refractivity contribution in [2.45, 2.75) is 76.2 Å². The van der Waals surface area contributed by atoms with E-state index in [-0.39, 0.29) is 0 Å². The third-order valence-corrected chi connectivity index (χ3v) is 6.72. The van der Waals surface area contributed by atoms with E-state index in [1.54, 1.807) is 6.07 Å². The Balaban J connectivity index is 1.31. The van der Waals surface area contributed by atoms with Gasteiger partial charge in [0, 0.05) is 6.61 Å². The number of halogens is 1. The number of ether oxygens (including phenoxy) is 1. The molecule has 154 valence electrons. The van der Waals surface area contributed by atoms with Gasteiger partial charge in [-0.15, -0.1) is 0 Å². The van der Waals surface area contributed by atoms with Crippen LogP contribution in [0, 0.1) is 34.5 Å². The SMILES string of the molecule is N#C/C(F)=C\CCC1CCC(COC2CCC(c3ccc(C#N)cc3)CC2)CC1. The number of hydrogen-bond acceptors (Lipinski definition) is 3. The lowest BCUT2D eigenvalue weighted by Gasteiger charge is -2.32. The highest BCUT2D eigenvalue weighted by Crippen LogP contribution is 2.36. The van der Waals surface area contributed by atoms with Crippen molar-refractivity contribution in [2.75, 3.05) is 6.61 Å². The van der Waals surface area contributed by atoms with Crippen molar-refractivity contribution in [1.82, 2.24) is 0 Å². The van der Waals surface area contributed by atoms with E-state index in [1.165, 1.54) is 37.3 Å². The Morgan fingerprint density at radius 1 is 0.966 bits per heavy atom. The van der Waals surface area contributed by atoms with Crippen molar-refractivity contribution in [1.29, 1.82) is 10.5 Å². The summed E-state index contributed by atoms with van der Waals surface area (Å²) >= 11 is 0. The maximum Gasteiger partial charge on any atom is 0.196 e. The number of hydrogen-bond donors (Lipinski definition) is 0. The molecule has 0 aromatic heterocycles. The van der Waals surface area contributed by atoms with Crippen molar-refractivity contribution in [3.63, 3.8) is 0 Å². The van der Waals surface area contributed by atoms with Crippen LogP contribution in [-0.4, -0.2) is 12.7 Å². The minimum absolute atomic E-state index is 0.390. The van der Waals surface area contributed by atoms with Gasteiger partial charge in [-0.2, -0.15) is 14.9 Å².